The van der Waals surface area contributed by atoms with E-state index in [1.807, 2.05) is 54.6 Å². The summed E-state index contributed by atoms with van der Waals surface area (Å²) in [5, 5.41) is 0.636. The summed E-state index contributed by atoms with van der Waals surface area (Å²) in [5.41, 5.74) is 2.34. The molecule has 1 aromatic heterocycles. The molecule has 0 aliphatic carbocycles. The van der Waals surface area contributed by atoms with E-state index in [0.717, 1.165) is 37.7 Å². The fourth-order valence-corrected chi connectivity index (χ4v) is 4.89. The summed E-state index contributed by atoms with van der Waals surface area (Å²) in [5.74, 6) is 1.58. The fourth-order valence-electron chi connectivity index (χ4n) is 4.26. The molecule has 3 aromatic rings. The van der Waals surface area contributed by atoms with E-state index in [9.17, 15) is 4.79 Å². The van der Waals surface area contributed by atoms with Crippen LogP contribution in [0.25, 0.3) is 0 Å². The number of aromatic nitrogens is 2. The zero-order valence-corrected chi connectivity index (χ0v) is 20.6. The van der Waals surface area contributed by atoms with Crippen LogP contribution in [-0.4, -0.2) is 83.5 Å². The number of benzene rings is 2. The molecule has 5 rings (SSSR count). The number of guanidine groups is 1. The second-order valence-electron chi connectivity index (χ2n) is 8.59. The standard InChI is InChI=1S/C26H29N5O3S/c1-19(21-8-5-9-22(18-21)23(32)20-6-3-2-4-7-20)24-27-25(35-29-24)28-26(30-10-14-33-15-11-30)31-12-16-34-17-13-31/h2-9,18-19H,10-17H2,1H3. The number of carbonyl (C=O) groups excluding carboxylic acids is 1. The van der Waals surface area contributed by atoms with Gasteiger partial charge in [-0.2, -0.15) is 9.37 Å². The molecular formula is C26H29N5O3S. The number of rotatable bonds is 5. The third-order valence-corrected chi connectivity index (χ3v) is 6.91. The summed E-state index contributed by atoms with van der Waals surface area (Å²) >= 11 is 1.30. The molecule has 2 aromatic carbocycles. The predicted octanol–water partition coefficient (Wildman–Crippen LogP) is 3.57. The first-order valence-electron chi connectivity index (χ1n) is 12.0. The van der Waals surface area contributed by atoms with Crippen molar-refractivity contribution in [2.75, 3.05) is 52.6 Å². The average Bonchev–Trinajstić information content (AvgIpc) is 3.41. The Labute approximate surface area is 209 Å². The maximum absolute atomic E-state index is 12.9. The largest absolute Gasteiger partial charge is 0.378 e. The number of nitrogens with zero attached hydrogens (tertiary/aromatic N) is 5. The third kappa shape index (κ3) is 5.58. The molecule has 2 saturated heterocycles. The number of hydrogen-bond acceptors (Lipinski definition) is 7. The van der Waals surface area contributed by atoms with Gasteiger partial charge in [-0.1, -0.05) is 55.5 Å². The van der Waals surface area contributed by atoms with Crippen LogP contribution < -0.4 is 0 Å². The quantitative estimate of drug-likeness (QED) is 0.307. The molecule has 2 fully saturated rings. The minimum Gasteiger partial charge on any atom is -0.378 e. The maximum Gasteiger partial charge on any atom is 0.232 e. The van der Waals surface area contributed by atoms with Gasteiger partial charge < -0.3 is 19.3 Å². The Hall–Kier alpha value is -3.14. The molecule has 0 amide bonds. The van der Waals surface area contributed by atoms with Gasteiger partial charge in [-0.25, -0.2) is 4.98 Å². The van der Waals surface area contributed by atoms with E-state index in [2.05, 4.69) is 21.1 Å². The molecular weight excluding hydrogens is 462 g/mol. The normalized spacial score (nSPS) is 17.2. The van der Waals surface area contributed by atoms with Crippen LogP contribution in [-0.2, 0) is 9.47 Å². The molecule has 1 atom stereocenters. The number of hydrogen-bond donors (Lipinski definition) is 0. The van der Waals surface area contributed by atoms with Crippen LogP contribution >= 0.6 is 11.5 Å². The highest BCUT2D eigenvalue weighted by Gasteiger charge is 2.24. The molecule has 0 saturated carbocycles. The van der Waals surface area contributed by atoms with Gasteiger partial charge in [0.2, 0.25) is 11.1 Å². The van der Waals surface area contributed by atoms with Gasteiger partial charge in [0, 0.05) is 54.8 Å². The fraction of sp³-hybridized carbons (Fsp3) is 0.385. The van der Waals surface area contributed by atoms with E-state index in [4.69, 9.17) is 19.5 Å². The van der Waals surface area contributed by atoms with Gasteiger partial charge in [-0.05, 0) is 11.6 Å². The van der Waals surface area contributed by atoms with Gasteiger partial charge in [-0.15, -0.1) is 0 Å². The van der Waals surface area contributed by atoms with Crippen LogP contribution in [0.2, 0.25) is 0 Å². The van der Waals surface area contributed by atoms with Gasteiger partial charge in [0.15, 0.2) is 11.6 Å². The highest BCUT2D eigenvalue weighted by atomic mass is 32.1. The van der Waals surface area contributed by atoms with E-state index in [0.29, 0.717) is 48.5 Å². The first-order valence-corrected chi connectivity index (χ1v) is 12.7. The van der Waals surface area contributed by atoms with Crippen LogP contribution in [0.3, 0.4) is 0 Å². The summed E-state index contributed by atoms with van der Waals surface area (Å²) in [6.45, 7) is 8.06. The molecule has 0 spiro atoms. The summed E-state index contributed by atoms with van der Waals surface area (Å²) in [7, 11) is 0. The van der Waals surface area contributed by atoms with E-state index >= 15 is 0 Å². The summed E-state index contributed by atoms with van der Waals surface area (Å²) < 4.78 is 15.7. The van der Waals surface area contributed by atoms with Gasteiger partial charge in [0.05, 0.1) is 26.4 Å². The van der Waals surface area contributed by atoms with Crippen molar-refractivity contribution in [2.45, 2.75) is 12.8 Å². The molecule has 3 heterocycles. The van der Waals surface area contributed by atoms with Crippen LogP contribution in [0.4, 0.5) is 5.13 Å². The number of ketones is 1. The number of carbonyl (C=O) groups is 1. The second kappa shape index (κ2) is 11.1. The van der Waals surface area contributed by atoms with Crippen molar-refractivity contribution in [1.82, 2.24) is 19.2 Å². The Bertz CT molecular complexity index is 1150. The molecule has 0 radical (unpaired) electrons. The van der Waals surface area contributed by atoms with Gasteiger partial charge in [-0.3, -0.25) is 4.79 Å². The number of ether oxygens (including phenoxy) is 2. The van der Waals surface area contributed by atoms with Crippen LogP contribution in [0, 0.1) is 0 Å². The first-order chi connectivity index (χ1) is 17.2. The van der Waals surface area contributed by atoms with Crippen molar-refractivity contribution in [3.8, 4) is 0 Å². The smallest absolute Gasteiger partial charge is 0.232 e. The monoisotopic (exact) mass is 491 g/mol. The zero-order chi connectivity index (χ0) is 24.0. The minimum absolute atomic E-state index is 0.0110. The lowest BCUT2D eigenvalue weighted by molar-refractivity contribution is 0.0422. The van der Waals surface area contributed by atoms with Crippen molar-refractivity contribution in [2.24, 2.45) is 4.99 Å². The lowest BCUT2D eigenvalue weighted by atomic mass is 9.95. The Balaban J connectivity index is 1.37. The molecule has 1 unspecified atom stereocenters. The van der Waals surface area contributed by atoms with Crippen LogP contribution in [0.15, 0.2) is 59.6 Å². The van der Waals surface area contributed by atoms with Crippen molar-refractivity contribution in [3.63, 3.8) is 0 Å². The SMILES string of the molecule is CC(c1cccc(C(=O)c2ccccc2)c1)c1nsc(N=C(N2CCOCC2)N2CCOCC2)n1. The molecule has 35 heavy (non-hydrogen) atoms. The first kappa shape index (κ1) is 23.6. The summed E-state index contributed by atoms with van der Waals surface area (Å²) in [6, 6.07) is 17.1. The summed E-state index contributed by atoms with van der Waals surface area (Å²) in [4.78, 5) is 27.1. The molecule has 9 heteroatoms. The highest BCUT2D eigenvalue weighted by molar-refractivity contribution is 7.09. The van der Waals surface area contributed by atoms with E-state index in [1.54, 1.807) is 0 Å². The Morgan fingerprint density at radius 1 is 0.914 bits per heavy atom. The summed E-state index contributed by atoms with van der Waals surface area (Å²) in [6.07, 6.45) is 0. The molecule has 8 nitrogen and oxygen atoms in total. The molecule has 2 aliphatic heterocycles. The van der Waals surface area contributed by atoms with Crippen molar-refractivity contribution < 1.29 is 14.3 Å². The van der Waals surface area contributed by atoms with E-state index in [-0.39, 0.29) is 11.7 Å². The lowest BCUT2D eigenvalue weighted by Crippen LogP contribution is -2.52. The third-order valence-electron chi connectivity index (χ3n) is 6.29. The van der Waals surface area contributed by atoms with Crippen LogP contribution in [0.5, 0.6) is 0 Å². The molecule has 182 valence electrons. The maximum atomic E-state index is 12.9. The van der Waals surface area contributed by atoms with Gasteiger partial charge in [0.1, 0.15) is 0 Å². The van der Waals surface area contributed by atoms with Crippen molar-refractivity contribution in [3.05, 3.63) is 77.1 Å². The van der Waals surface area contributed by atoms with Gasteiger partial charge in [0.25, 0.3) is 0 Å². The van der Waals surface area contributed by atoms with Gasteiger partial charge >= 0.3 is 0 Å². The lowest BCUT2D eigenvalue weighted by Gasteiger charge is -2.37. The van der Waals surface area contributed by atoms with Crippen molar-refractivity contribution in [1.29, 1.82) is 0 Å². The van der Waals surface area contributed by atoms with Crippen molar-refractivity contribution >= 4 is 28.4 Å². The van der Waals surface area contributed by atoms with E-state index < -0.39 is 0 Å². The minimum atomic E-state index is -0.0612. The average molecular weight is 492 g/mol. The number of aliphatic imine (C=N–C) groups is 1. The second-order valence-corrected chi connectivity index (χ2v) is 9.32. The Kier molecular flexibility index (Phi) is 7.46. The molecule has 0 N–H and O–H groups in total. The Morgan fingerprint density at radius 3 is 2.20 bits per heavy atom. The Morgan fingerprint density at radius 2 is 1.54 bits per heavy atom. The highest BCUT2D eigenvalue weighted by Crippen LogP contribution is 2.27. The topological polar surface area (TPSA) is 80.2 Å². The molecule has 2 aliphatic rings. The van der Waals surface area contributed by atoms with Crippen LogP contribution in [0.1, 0.15) is 40.2 Å². The molecule has 0 bridgehead atoms. The number of morpholine rings is 2. The zero-order valence-electron chi connectivity index (χ0n) is 19.8. The predicted molar refractivity (Wildman–Crippen MR) is 136 cm³/mol. The van der Waals surface area contributed by atoms with E-state index in [1.165, 1.54) is 11.5 Å².